The largest absolute Gasteiger partial charge is 0.482 e. The second-order valence-corrected chi connectivity index (χ2v) is 7.93. The minimum Gasteiger partial charge on any atom is -0.482 e. The van der Waals surface area contributed by atoms with Crippen molar-refractivity contribution in [1.82, 2.24) is 15.6 Å². The Kier molecular flexibility index (Phi) is 7.83. The molecule has 0 aliphatic carbocycles. The van der Waals surface area contributed by atoms with E-state index in [0.717, 1.165) is 0 Å². The zero-order chi connectivity index (χ0) is 25.0. The van der Waals surface area contributed by atoms with E-state index < -0.39 is 30.1 Å². The molecule has 0 spiro atoms. The van der Waals surface area contributed by atoms with Crippen LogP contribution in [0.3, 0.4) is 0 Å². The van der Waals surface area contributed by atoms with E-state index in [4.69, 9.17) is 32.9 Å². The normalized spacial score (nSPS) is 19.7. The molecule has 7 nitrogen and oxygen atoms in total. The number of allylic oxidation sites excluding steroid dienone is 2. The van der Waals surface area contributed by atoms with Crippen LogP contribution in [0.25, 0.3) is 5.70 Å². The van der Waals surface area contributed by atoms with Crippen molar-refractivity contribution in [2.45, 2.75) is 25.9 Å². The summed E-state index contributed by atoms with van der Waals surface area (Å²) in [5.41, 5.74) is 7.80. The molecule has 11 heteroatoms. The number of nitrogens with zero attached hydrogens (tertiary/aromatic N) is 1. The Hall–Kier alpha value is -3.53. The molecular formula is C23H24ClF3N6O. The summed E-state index contributed by atoms with van der Waals surface area (Å²) in [5, 5.41) is 22.1. The second kappa shape index (κ2) is 10.6. The van der Waals surface area contributed by atoms with Gasteiger partial charge in [-0.15, -0.1) is 0 Å². The topological polar surface area (TPSA) is 120 Å². The van der Waals surface area contributed by atoms with Gasteiger partial charge in [0.2, 0.25) is 0 Å². The zero-order valence-electron chi connectivity index (χ0n) is 18.5. The molecule has 180 valence electrons. The highest BCUT2D eigenvalue weighted by molar-refractivity contribution is 6.69. The second-order valence-electron chi connectivity index (χ2n) is 7.55. The summed E-state index contributed by atoms with van der Waals surface area (Å²) in [6.07, 6.45) is -0.562. The summed E-state index contributed by atoms with van der Waals surface area (Å²) in [6, 6.07) is 5.47. The summed E-state index contributed by atoms with van der Waals surface area (Å²) in [4.78, 5) is 4.11. The van der Waals surface area contributed by atoms with Crippen LogP contribution in [-0.4, -0.2) is 35.9 Å². The Morgan fingerprint density at radius 3 is 2.76 bits per heavy atom. The Balaban J connectivity index is 2.33. The van der Waals surface area contributed by atoms with Crippen molar-refractivity contribution < 1.29 is 17.9 Å². The zero-order valence-corrected chi connectivity index (χ0v) is 19.2. The van der Waals surface area contributed by atoms with Gasteiger partial charge >= 0.3 is 0 Å². The minimum absolute atomic E-state index is 0.0266. The predicted octanol–water partition coefficient (Wildman–Crippen LogP) is 4.60. The molecule has 0 radical (unpaired) electrons. The van der Waals surface area contributed by atoms with Crippen molar-refractivity contribution in [2.75, 3.05) is 19.3 Å². The molecule has 1 aromatic heterocycles. The number of aromatic nitrogens is 1. The number of alkyl halides is 2. The van der Waals surface area contributed by atoms with Gasteiger partial charge in [-0.1, -0.05) is 11.6 Å². The lowest BCUT2D eigenvalue weighted by atomic mass is 9.90. The van der Waals surface area contributed by atoms with E-state index in [0.29, 0.717) is 22.3 Å². The fraction of sp³-hybridized carbons (Fsp3) is 0.261. The number of nitrogens with two attached hydrogens (primary N) is 1. The first kappa shape index (κ1) is 25.1. The van der Waals surface area contributed by atoms with Crippen LogP contribution in [0.15, 0.2) is 47.8 Å². The SMILES string of the molecule is CN/C=C1/C/C(C(=N)Cl)=C(/NCC(F)F)c2cnc(N)c(c2)OC(C)c2cc(F)ccc2C1=N. The lowest BCUT2D eigenvalue weighted by Gasteiger charge is -2.24. The number of fused-ring (bicyclic) bond motifs is 3. The van der Waals surface area contributed by atoms with Gasteiger partial charge in [0, 0.05) is 53.8 Å². The first-order valence-corrected chi connectivity index (χ1v) is 10.7. The molecule has 1 aliphatic rings. The highest BCUT2D eigenvalue weighted by Crippen LogP contribution is 2.34. The molecule has 2 aromatic rings. The maximum absolute atomic E-state index is 14.2. The number of rotatable bonds is 5. The van der Waals surface area contributed by atoms with Crippen LogP contribution < -0.4 is 21.1 Å². The fourth-order valence-corrected chi connectivity index (χ4v) is 3.79. The predicted molar refractivity (Wildman–Crippen MR) is 127 cm³/mol. The maximum Gasteiger partial charge on any atom is 0.255 e. The summed E-state index contributed by atoms with van der Waals surface area (Å²) in [6.45, 7) is 0.973. The molecule has 0 saturated heterocycles. The number of benzene rings is 1. The van der Waals surface area contributed by atoms with E-state index in [9.17, 15) is 13.2 Å². The van der Waals surface area contributed by atoms with E-state index in [1.807, 2.05) is 0 Å². The molecule has 0 fully saturated rings. The first-order valence-electron chi connectivity index (χ1n) is 10.3. The molecule has 0 saturated carbocycles. The van der Waals surface area contributed by atoms with E-state index in [-0.39, 0.29) is 35.0 Å². The summed E-state index contributed by atoms with van der Waals surface area (Å²) >= 11 is 6.11. The average Bonchev–Trinajstić information content (AvgIpc) is 2.78. The number of pyridine rings is 1. The average molecular weight is 493 g/mol. The Morgan fingerprint density at radius 1 is 1.38 bits per heavy atom. The van der Waals surface area contributed by atoms with Crippen LogP contribution in [0.1, 0.15) is 36.1 Å². The van der Waals surface area contributed by atoms with Crippen molar-refractivity contribution in [2.24, 2.45) is 0 Å². The molecule has 2 heterocycles. The third-order valence-corrected chi connectivity index (χ3v) is 5.43. The van der Waals surface area contributed by atoms with E-state index >= 15 is 0 Å². The quantitative estimate of drug-likeness (QED) is 0.391. The van der Waals surface area contributed by atoms with Crippen LogP contribution in [0.4, 0.5) is 19.0 Å². The molecule has 1 atom stereocenters. The fourth-order valence-electron chi connectivity index (χ4n) is 3.62. The molecule has 0 amide bonds. The van der Waals surface area contributed by atoms with Crippen molar-refractivity contribution in [3.05, 3.63) is 70.3 Å². The molecule has 1 unspecified atom stereocenters. The maximum atomic E-state index is 14.2. The Morgan fingerprint density at radius 2 is 2.12 bits per heavy atom. The molecular weight excluding hydrogens is 469 g/mol. The Bertz CT molecular complexity index is 1180. The molecule has 34 heavy (non-hydrogen) atoms. The highest BCUT2D eigenvalue weighted by Gasteiger charge is 2.25. The number of hydrogen-bond donors (Lipinski definition) is 5. The van der Waals surface area contributed by atoms with Crippen LogP contribution >= 0.6 is 11.6 Å². The van der Waals surface area contributed by atoms with Crippen molar-refractivity contribution >= 4 is 34.0 Å². The van der Waals surface area contributed by atoms with Crippen molar-refractivity contribution in [1.29, 1.82) is 10.8 Å². The monoisotopic (exact) mass is 492 g/mol. The number of nitrogens with one attached hydrogen (secondary N) is 4. The van der Waals surface area contributed by atoms with Gasteiger partial charge in [0.25, 0.3) is 6.43 Å². The summed E-state index contributed by atoms with van der Waals surface area (Å²) in [7, 11) is 1.63. The van der Waals surface area contributed by atoms with Crippen molar-refractivity contribution in [3.63, 3.8) is 0 Å². The van der Waals surface area contributed by atoms with Crippen LogP contribution in [0.5, 0.6) is 5.75 Å². The molecule has 2 bridgehead atoms. The van der Waals surface area contributed by atoms with Crippen molar-refractivity contribution in [3.8, 4) is 5.75 Å². The number of anilines is 1. The first-order chi connectivity index (χ1) is 16.1. The van der Waals surface area contributed by atoms with Crippen LogP contribution in [0.2, 0.25) is 0 Å². The molecule has 1 aliphatic heterocycles. The number of ether oxygens (including phenoxy) is 1. The van der Waals surface area contributed by atoms with Gasteiger partial charge in [0.05, 0.1) is 12.3 Å². The summed E-state index contributed by atoms with van der Waals surface area (Å²) in [5.74, 6) is -0.336. The van der Waals surface area contributed by atoms with Crippen LogP contribution in [0, 0.1) is 16.6 Å². The molecule has 3 rings (SSSR count). The number of halogens is 4. The van der Waals surface area contributed by atoms with E-state index in [1.165, 1.54) is 30.5 Å². The molecule has 6 N–H and O–H groups in total. The summed E-state index contributed by atoms with van der Waals surface area (Å²) < 4.78 is 46.3. The van der Waals surface area contributed by atoms with Gasteiger partial charge in [-0.2, -0.15) is 0 Å². The van der Waals surface area contributed by atoms with Gasteiger partial charge in [-0.05, 0) is 36.8 Å². The van der Waals surface area contributed by atoms with Gasteiger partial charge < -0.3 is 21.1 Å². The number of hydrogen-bond acceptors (Lipinski definition) is 7. The lowest BCUT2D eigenvalue weighted by molar-refractivity contribution is 0.151. The number of nitrogen functional groups attached to an aromatic ring is 1. The Labute approximate surface area is 199 Å². The van der Waals surface area contributed by atoms with Gasteiger partial charge in [0.15, 0.2) is 11.6 Å². The molecule has 1 aromatic carbocycles. The highest BCUT2D eigenvalue weighted by atomic mass is 35.5. The van der Waals surface area contributed by atoms with E-state index in [1.54, 1.807) is 20.2 Å². The third-order valence-electron chi connectivity index (χ3n) is 5.20. The minimum atomic E-state index is -2.68. The third kappa shape index (κ3) is 5.51. The van der Waals surface area contributed by atoms with Gasteiger partial charge in [0.1, 0.15) is 17.1 Å². The standard InChI is InChI=1S/C23H24ClF3N6O/c1-11-16-7-14(25)3-4-15(16)20(28)12(8-31-2)5-17(22(24)29)21(32-10-19(26)27)13-6-18(34-11)23(30)33-9-13/h3-4,6-9,11,19,28-29,31-32H,5,10H2,1-2H3,(H2,30,33)/b12-8-,21-17-,28-20?,29-22?. The van der Waals surface area contributed by atoms with Gasteiger partial charge in [-0.3, -0.25) is 10.8 Å². The van der Waals surface area contributed by atoms with Crippen LogP contribution in [-0.2, 0) is 0 Å². The lowest BCUT2D eigenvalue weighted by Crippen LogP contribution is -2.24. The van der Waals surface area contributed by atoms with E-state index in [2.05, 4.69) is 15.6 Å². The smallest absolute Gasteiger partial charge is 0.255 e. The van der Waals surface area contributed by atoms with Gasteiger partial charge in [-0.25, -0.2) is 18.2 Å².